The van der Waals surface area contributed by atoms with Gasteiger partial charge in [0.2, 0.25) is 0 Å². The second kappa shape index (κ2) is 10.0. The Morgan fingerprint density at radius 1 is 1.08 bits per heavy atom. The third-order valence-electron chi connectivity index (χ3n) is 4.23. The van der Waals surface area contributed by atoms with Gasteiger partial charge in [0.05, 0.1) is 20.3 Å². The highest BCUT2D eigenvalue weighted by Crippen LogP contribution is 2.22. The Kier molecular flexibility index (Phi) is 7.72. The molecule has 0 N–H and O–H groups in total. The van der Waals surface area contributed by atoms with Gasteiger partial charge >= 0.3 is 6.09 Å². The van der Waals surface area contributed by atoms with Crippen LogP contribution in [0.2, 0.25) is 0 Å². The Balaban J connectivity index is 2.01. The van der Waals surface area contributed by atoms with Crippen LogP contribution in [0.25, 0.3) is 0 Å². The van der Waals surface area contributed by atoms with Crippen LogP contribution in [0, 0.1) is 0 Å². The van der Waals surface area contributed by atoms with Crippen molar-refractivity contribution in [1.82, 2.24) is 9.80 Å². The molecule has 2 rings (SSSR count). The Labute approximate surface area is 154 Å². The molecule has 1 aliphatic rings. The standard InChI is InChI=1S/C19H28N2O5/c1-4-12-25-14-16-13-15(6-7-17(16)24-3)18(22)20-8-10-21(11-9-20)19(23)26-5-2/h6-7,13H,4-5,8-12,14H2,1-3H3. The number of piperazine rings is 1. The molecular formula is C19H28N2O5. The molecule has 0 saturated carbocycles. The Bertz CT molecular complexity index is 612. The van der Waals surface area contributed by atoms with Crippen LogP contribution < -0.4 is 4.74 Å². The lowest BCUT2D eigenvalue weighted by atomic mass is 10.1. The van der Waals surface area contributed by atoms with Gasteiger partial charge in [-0.05, 0) is 31.5 Å². The maximum absolute atomic E-state index is 12.8. The van der Waals surface area contributed by atoms with E-state index < -0.39 is 0 Å². The van der Waals surface area contributed by atoms with Crippen molar-refractivity contribution in [2.75, 3.05) is 46.5 Å². The molecular weight excluding hydrogens is 336 g/mol. The van der Waals surface area contributed by atoms with E-state index in [9.17, 15) is 9.59 Å². The van der Waals surface area contributed by atoms with Gasteiger partial charge in [-0.2, -0.15) is 0 Å². The summed E-state index contributed by atoms with van der Waals surface area (Å²) in [4.78, 5) is 27.9. The summed E-state index contributed by atoms with van der Waals surface area (Å²) in [6.45, 7) is 7.20. The molecule has 1 aromatic rings. The summed E-state index contributed by atoms with van der Waals surface area (Å²) in [5.74, 6) is 0.665. The monoisotopic (exact) mass is 364 g/mol. The number of rotatable bonds is 7. The molecule has 1 aliphatic heterocycles. The van der Waals surface area contributed by atoms with Crippen LogP contribution in [0.15, 0.2) is 18.2 Å². The highest BCUT2D eigenvalue weighted by molar-refractivity contribution is 5.94. The Morgan fingerprint density at radius 2 is 1.77 bits per heavy atom. The zero-order valence-electron chi connectivity index (χ0n) is 15.8. The number of carbonyl (C=O) groups is 2. The van der Waals surface area contributed by atoms with E-state index in [1.165, 1.54) is 0 Å². The maximum Gasteiger partial charge on any atom is 0.409 e. The number of nitrogens with zero attached hydrogens (tertiary/aromatic N) is 2. The molecule has 1 heterocycles. The summed E-state index contributed by atoms with van der Waals surface area (Å²) in [5, 5.41) is 0. The first-order valence-corrected chi connectivity index (χ1v) is 9.06. The number of ether oxygens (including phenoxy) is 3. The second-order valence-electron chi connectivity index (χ2n) is 6.06. The molecule has 26 heavy (non-hydrogen) atoms. The van der Waals surface area contributed by atoms with E-state index in [1.807, 2.05) is 13.0 Å². The van der Waals surface area contributed by atoms with E-state index >= 15 is 0 Å². The van der Waals surface area contributed by atoms with Crippen LogP contribution in [0.1, 0.15) is 36.2 Å². The lowest BCUT2D eigenvalue weighted by Gasteiger charge is -2.34. The number of hydrogen-bond donors (Lipinski definition) is 0. The molecule has 2 amide bonds. The lowest BCUT2D eigenvalue weighted by Crippen LogP contribution is -2.50. The van der Waals surface area contributed by atoms with Crippen molar-refractivity contribution in [3.63, 3.8) is 0 Å². The molecule has 7 heteroatoms. The van der Waals surface area contributed by atoms with Gasteiger partial charge in [-0.3, -0.25) is 4.79 Å². The third kappa shape index (κ3) is 5.11. The number of amides is 2. The van der Waals surface area contributed by atoms with Crippen LogP contribution in [0.5, 0.6) is 5.75 Å². The lowest BCUT2D eigenvalue weighted by molar-refractivity contribution is 0.0570. The van der Waals surface area contributed by atoms with Crippen LogP contribution in [-0.2, 0) is 16.1 Å². The average Bonchev–Trinajstić information content (AvgIpc) is 2.68. The largest absolute Gasteiger partial charge is 0.496 e. The first kappa shape index (κ1) is 20.0. The van der Waals surface area contributed by atoms with E-state index in [-0.39, 0.29) is 12.0 Å². The van der Waals surface area contributed by atoms with Gasteiger partial charge in [0, 0.05) is 43.9 Å². The predicted molar refractivity (Wildman–Crippen MR) is 97.4 cm³/mol. The quantitative estimate of drug-likeness (QED) is 0.696. The van der Waals surface area contributed by atoms with Crippen molar-refractivity contribution in [1.29, 1.82) is 0 Å². The SMILES string of the molecule is CCCOCc1cc(C(=O)N2CCN(C(=O)OCC)CC2)ccc1OC. The molecule has 0 spiro atoms. The van der Waals surface area contributed by atoms with Crippen molar-refractivity contribution in [3.8, 4) is 5.75 Å². The molecule has 0 radical (unpaired) electrons. The minimum Gasteiger partial charge on any atom is -0.496 e. The summed E-state index contributed by atoms with van der Waals surface area (Å²) >= 11 is 0. The van der Waals surface area contributed by atoms with Gasteiger partial charge < -0.3 is 24.0 Å². The summed E-state index contributed by atoms with van der Waals surface area (Å²) in [7, 11) is 1.61. The molecule has 0 aliphatic carbocycles. The van der Waals surface area contributed by atoms with E-state index in [0.29, 0.717) is 57.3 Å². The van der Waals surface area contributed by atoms with Gasteiger partial charge in [-0.1, -0.05) is 6.92 Å². The second-order valence-corrected chi connectivity index (χ2v) is 6.06. The summed E-state index contributed by atoms with van der Waals surface area (Å²) in [5.41, 5.74) is 1.46. The fraction of sp³-hybridized carbons (Fsp3) is 0.579. The Hall–Kier alpha value is -2.28. The molecule has 144 valence electrons. The van der Waals surface area contributed by atoms with Gasteiger partial charge in [0.15, 0.2) is 0 Å². The van der Waals surface area contributed by atoms with Crippen LogP contribution in [0.3, 0.4) is 0 Å². The average molecular weight is 364 g/mol. The molecule has 1 fully saturated rings. The molecule has 7 nitrogen and oxygen atoms in total. The van der Waals surface area contributed by atoms with Gasteiger partial charge in [0.1, 0.15) is 5.75 Å². The molecule has 1 aromatic carbocycles. The maximum atomic E-state index is 12.8. The topological polar surface area (TPSA) is 68.3 Å². The van der Waals surface area contributed by atoms with E-state index in [0.717, 1.165) is 12.0 Å². The number of carbonyl (C=O) groups excluding carboxylic acids is 2. The van der Waals surface area contributed by atoms with Crippen LogP contribution in [-0.4, -0.2) is 68.3 Å². The normalized spacial score (nSPS) is 14.3. The highest BCUT2D eigenvalue weighted by atomic mass is 16.6. The van der Waals surface area contributed by atoms with Gasteiger partial charge in [-0.15, -0.1) is 0 Å². The molecule has 0 atom stereocenters. The first-order chi connectivity index (χ1) is 12.6. The molecule has 0 unspecified atom stereocenters. The van der Waals surface area contributed by atoms with Gasteiger partial charge in [-0.25, -0.2) is 4.79 Å². The fourth-order valence-corrected chi connectivity index (χ4v) is 2.84. The van der Waals surface area contributed by atoms with Crippen molar-refractivity contribution in [2.45, 2.75) is 26.9 Å². The minimum atomic E-state index is -0.320. The Morgan fingerprint density at radius 3 is 2.38 bits per heavy atom. The van der Waals surface area contributed by atoms with E-state index in [4.69, 9.17) is 14.2 Å². The molecule has 0 aromatic heterocycles. The zero-order valence-corrected chi connectivity index (χ0v) is 15.8. The molecule has 1 saturated heterocycles. The van der Waals surface area contributed by atoms with E-state index in [1.54, 1.807) is 36.0 Å². The zero-order chi connectivity index (χ0) is 18.9. The van der Waals surface area contributed by atoms with Crippen LogP contribution in [0.4, 0.5) is 4.79 Å². The summed E-state index contributed by atoms with van der Waals surface area (Å²) < 4.78 is 16.0. The van der Waals surface area contributed by atoms with Crippen LogP contribution >= 0.6 is 0 Å². The van der Waals surface area contributed by atoms with E-state index in [2.05, 4.69) is 0 Å². The van der Waals surface area contributed by atoms with Crippen molar-refractivity contribution in [3.05, 3.63) is 29.3 Å². The highest BCUT2D eigenvalue weighted by Gasteiger charge is 2.25. The summed E-state index contributed by atoms with van der Waals surface area (Å²) in [6, 6.07) is 5.39. The molecule has 0 bridgehead atoms. The predicted octanol–water partition coefficient (Wildman–Crippen LogP) is 2.54. The first-order valence-electron chi connectivity index (χ1n) is 9.06. The third-order valence-corrected chi connectivity index (χ3v) is 4.23. The fourth-order valence-electron chi connectivity index (χ4n) is 2.84. The number of benzene rings is 1. The van der Waals surface area contributed by atoms with Crippen molar-refractivity contribution < 1.29 is 23.8 Å². The summed E-state index contributed by atoms with van der Waals surface area (Å²) in [6.07, 6.45) is 0.616. The number of hydrogen-bond acceptors (Lipinski definition) is 5. The minimum absolute atomic E-state index is 0.0482. The van der Waals surface area contributed by atoms with Gasteiger partial charge in [0.25, 0.3) is 5.91 Å². The van der Waals surface area contributed by atoms with Crippen molar-refractivity contribution >= 4 is 12.0 Å². The number of methoxy groups -OCH3 is 1. The van der Waals surface area contributed by atoms with Crippen molar-refractivity contribution in [2.24, 2.45) is 0 Å². The smallest absolute Gasteiger partial charge is 0.409 e.